The summed E-state index contributed by atoms with van der Waals surface area (Å²) in [5.74, 6) is -2.52. The van der Waals surface area contributed by atoms with Crippen LogP contribution in [0.15, 0.2) is 39.6 Å². The van der Waals surface area contributed by atoms with Crippen LogP contribution >= 0.6 is 34.7 Å². The summed E-state index contributed by atoms with van der Waals surface area (Å²) in [6, 6.07) is 5.64. The quantitative estimate of drug-likeness (QED) is 0.825. The summed E-state index contributed by atoms with van der Waals surface area (Å²) in [5, 5.41) is 0. The Morgan fingerprint density at radius 1 is 1.30 bits per heavy atom. The Hall–Kier alpha value is -0.900. The zero-order chi connectivity index (χ0) is 14.8. The maximum atomic E-state index is 12.1. The summed E-state index contributed by atoms with van der Waals surface area (Å²) in [6.07, 6.45) is 1.15. The molecule has 0 fully saturated rings. The lowest BCUT2D eigenvalue weighted by Crippen LogP contribution is -2.11. The van der Waals surface area contributed by atoms with Crippen molar-refractivity contribution in [2.24, 2.45) is 0 Å². The van der Waals surface area contributed by atoms with Crippen molar-refractivity contribution < 1.29 is 17.2 Å². The molecular weight excluding hydrogens is 350 g/mol. The van der Waals surface area contributed by atoms with E-state index in [1.54, 1.807) is 0 Å². The molecule has 2 aromatic rings. The fraction of sp³-hybridized carbons (Fsp3) is 0.100. The average Bonchev–Trinajstić information content (AvgIpc) is 2.78. The number of benzene rings is 1. The second-order valence-electron chi connectivity index (χ2n) is 3.44. The highest BCUT2D eigenvalue weighted by molar-refractivity contribution is 7.99. The van der Waals surface area contributed by atoms with E-state index in [2.05, 4.69) is 9.71 Å². The molecule has 0 aliphatic heterocycles. The first-order valence-electron chi connectivity index (χ1n) is 5.06. The minimum absolute atomic E-state index is 0.0199. The van der Waals surface area contributed by atoms with Gasteiger partial charge in [-0.05, 0) is 24.3 Å². The molecule has 0 aliphatic carbocycles. The second kappa shape index (κ2) is 6.25. The van der Waals surface area contributed by atoms with Gasteiger partial charge in [0.25, 0.3) is 15.8 Å². The molecule has 108 valence electrons. The van der Waals surface area contributed by atoms with E-state index in [4.69, 9.17) is 11.6 Å². The van der Waals surface area contributed by atoms with Crippen LogP contribution < -0.4 is 4.72 Å². The molecule has 0 amide bonds. The van der Waals surface area contributed by atoms with Gasteiger partial charge in [0.1, 0.15) is 0 Å². The lowest BCUT2D eigenvalue weighted by molar-refractivity contribution is 0.252. The van der Waals surface area contributed by atoms with Crippen LogP contribution in [0.3, 0.4) is 0 Å². The van der Waals surface area contributed by atoms with Gasteiger partial charge in [0.05, 0.1) is 6.20 Å². The van der Waals surface area contributed by atoms with Gasteiger partial charge in [0.15, 0.2) is 8.68 Å². The molecule has 0 bridgehead atoms. The molecule has 0 saturated carbocycles. The molecule has 20 heavy (non-hydrogen) atoms. The van der Waals surface area contributed by atoms with Crippen molar-refractivity contribution in [2.45, 2.75) is 14.9 Å². The molecular formula is C10H7ClF2N2O2S3. The molecule has 1 heterocycles. The number of anilines is 1. The third-order valence-corrected chi connectivity index (χ3v) is 5.73. The highest BCUT2D eigenvalue weighted by atomic mass is 35.5. The second-order valence-corrected chi connectivity index (χ2v) is 8.03. The summed E-state index contributed by atoms with van der Waals surface area (Å²) in [5.41, 5.74) is 0.271. The molecule has 0 saturated heterocycles. The zero-order valence-corrected chi connectivity index (χ0v) is 12.8. The third kappa shape index (κ3) is 4.05. The number of thiazole rings is 1. The largest absolute Gasteiger partial charge is 0.288 e. The molecule has 2 rings (SSSR count). The standard InChI is InChI=1S/C10H7ClF2N2O2S3/c11-9-14-5-8(19-9)20(16,17)15-6-1-3-7(4-2-6)18-10(12)13/h1-5,10,15H. The van der Waals surface area contributed by atoms with Crippen LogP contribution in [-0.2, 0) is 10.0 Å². The van der Waals surface area contributed by atoms with Gasteiger partial charge < -0.3 is 0 Å². The van der Waals surface area contributed by atoms with Crippen molar-refractivity contribution in [1.82, 2.24) is 4.98 Å². The predicted octanol–water partition coefficient (Wildman–Crippen LogP) is 3.91. The molecule has 1 aromatic heterocycles. The van der Waals surface area contributed by atoms with Crippen molar-refractivity contribution in [3.8, 4) is 0 Å². The number of hydrogen-bond donors (Lipinski definition) is 1. The normalized spacial score (nSPS) is 11.8. The molecule has 0 aliphatic rings. The van der Waals surface area contributed by atoms with Crippen molar-refractivity contribution in [3.05, 3.63) is 34.9 Å². The number of sulfonamides is 1. The molecule has 10 heteroatoms. The fourth-order valence-electron chi connectivity index (χ4n) is 1.27. The molecule has 1 aromatic carbocycles. The van der Waals surface area contributed by atoms with Crippen LogP contribution in [0, 0.1) is 0 Å². The number of nitrogens with zero attached hydrogens (tertiary/aromatic N) is 1. The Morgan fingerprint density at radius 2 is 1.95 bits per heavy atom. The van der Waals surface area contributed by atoms with Crippen LogP contribution in [0.5, 0.6) is 0 Å². The van der Waals surface area contributed by atoms with E-state index in [9.17, 15) is 17.2 Å². The number of halogens is 3. The van der Waals surface area contributed by atoms with Crippen LogP contribution in [0.1, 0.15) is 0 Å². The summed E-state index contributed by atoms with van der Waals surface area (Å²) in [7, 11) is -3.76. The van der Waals surface area contributed by atoms with Gasteiger partial charge in [-0.1, -0.05) is 34.7 Å². The van der Waals surface area contributed by atoms with Crippen molar-refractivity contribution in [2.75, 3.05) is 4.72 Å². The lowest BCUT2D eigenvalue weighted by atomic mass is 10.3. The number of thioether (sulfide) groups is 1. The first-order chi connectivity index (χ1) is 9.37. The first-order valence-corrected chi connectivity index (χ1v) is 8.61. The van der Waals surface area contributed by atoms with E-state index in [1.165, 1.54) is 24.3 Å². The predicted molar refractivity (Wildman–Crippen MR) is 76.2 cm³/mol. The van der Waals surface area contributed by atoms with Crippen LogP contribution in [-0.4, -0.2) is 19.2 Å². The highest BCUT2D eigenvalue weighted by Gasteiger charge is 2.17. The number of rotatable bonds is 5. The Bertz CT molecular complexity index is 689. The van der Waals surface area contributed by atoms with Gasteiger partial charge in [-0.15, -0.1) is 0 Å². The van der Waals surface area contributed by atoms with Crippen molar-refractivity contribution >= 4 is 50.4 Å². The van der Waals surface area contributed by atoms with E-state index in [1.807, 2.05) is 0 Å². The van der Waals surface area contributed by atoms with Gasteiger partial charge >= 0.3 is 0 Å². The lowest BCUT2D eigenvalue weighted by Gasteiger charge is -2.06. The molecule has 0 spiro atoms. The zero-order valence-electron chi connectivity index (χ0n) is 9.59. The number of alkyl halides is 2. The number of hydrogen-bond acceptors (Lipinski definition) is 5. The molecule has 4 nitrogen and oxygen atoms in total. The van der Waals surface area contributed by atoms with E-state index in [0.717, 1.165) is 17.5 Å². The average molecular weight is 357 g/mol. The number of aromatic nitrogens is 1. The van der Waals surface area contributed by atoms with E-state index < -0.39 is 15.8 Å². The molecule has 1 N–H and O–H groups in total. The summed E-state index contributed by atoms with van der Waals surface area (Å²) >= 11 is 6.79. The van der Waals surface area contributed by atoms with E-state index >= 15 is 0 Å². The number of nitrogens with one attached hydrogen (secondary N) is 1. The minimum atomic E-state index is -3.76. The van der Waals surface area contributed by atoms with Crippen LogP contribution in [0.2, 0.25) is 4.47 Å². The monoisotopic (exact) mass is 356 g/mol. The summed E-state index contributed by atoms with van der Waals surface area (Å²) in [4.78, 5) is 4.00. The Kier molecular flexibility index (Phi) is 4.84. The summed E-state index contributed by atoms with van der Waals surface area (Å²) in [6.45, 7) is 0. The van der Waals surface area contributed by atoms with Crippen molar-refractivity contribution in [1.29, 1.82) is 0 Å². The third-order valence-electron chi connectivity index (χ3n) is 2.05. The maximum Gasteiger partial charge on any atom is 0.288 e. The highest BCUT2D eigenvalue weighted by Crippen LogP contribution is 2.28. The minimum Gasteiger partial charge on any atom is -0.279 e. The van der Waals surface area contributed by atoms with Crippen LogP contribution in [0.25, 0.3) is 0 Å². The molecule has 0 atom stereocenters. The van der Waals surface area contributed by atoms with Gasteiger partial charge in [0.2, 0.25) is 0 Å². The Labute approximate surface area is 127 Å². The Balaban J connectivity index is 2.13. The first kappa shape index (κ1) is 15.5. The van der Waals surface area contributed by atoms with Gasteiger partial charge in [0, 0.05) is 10.6 Å². The molecule has 0 unspecified atom stereocenters. The Morgan fingerprint density at radius 3 is 2.45 bits per heavy atom. The van der Waals surface area contributed by atoms with Gasteiger partial charge in [-0.3, -0.25) is 4.72 Å². The van der Waals surface area contributed by atoms with E-state index in [-0.39, 0.29) is 14.4 Å². The van der Waals surface area contributed by atoms with Gasteiger partial charge in [-0.25, -0.2) is 13.4 Å². The topological polar surface area (TPSA) is 59.1 Å². The molecule has 0 radical (unpaired) electrons. The summed E-state index contributed by atoms with van der Waals surface area (Å²) < 4.78 is 50.6. The van der Waals surface area contributed by atoms with Crippen LogP contribution in [0.4, 0.5) is 14.5 Å². The van der Waals surface area contributed by atoms with Crippen molar-refractivity contribution in [3.63, 3.8) is 0 Å². The fourth-order valence-corrected chi connectivity index (χ4v) is 4.12. The maximum absolute atomic E-state index is 12.1. The smallest absolute Gasteiger partial charge is 0.279 e. The van der Waals surface area contributed by atoms with E-state index in [0.29, 0.717) is 16.7 Å². The SMILES string of the molecule is O=S(=O)(Nc1ccc(SC(F)F)cc1)c1cnc(Cl)s1. The van der Waals surface area contributed by atoms with Gasteiger partial charge in [-0.2, -0.15) is 8.78 Å².